The Morgan fingerprint density at radius 3 is 1.57 bits per heavy atom. The molecule has 0 radical (unpaired) electrons. The number of phenols is 1. The van der Waals surface area contributed by atoms with Crippen LogP contribution in [0.25, 0.3) is 32.3 Å². The van der Waals surface area contributed by atoms with Gasteiger partial charge in [0.25, 0.3) is 0 Å². The van der Waals surface area contributed by atoms with E-state index in [0.717, 1.165) is 16.8 Å². The van der Waals surface area contributed by atoms with Gasteiger partial charge < -0.3 is 26.1 Å². The van der Waals surface area contributed by atoms with E-state index in [4.69, 9.17) is 14.1 Å². The van der Waals surface area contributed by atoms with Gasteiger partial charge >= 0.3 is 49.8 Å². The molecule has 5 N–H and O–H groups in total. The maximum absolute atomic E-state index is 13.7. The van der Waals surface area contributed by atoms with Crippen LogP contribution >= 0.6 is 0 Å². The minimum atomic E-state index is -4.69. The molecule has 0 saturated carbocycles. The van der Waals surface area contributed by atoms with Gasteiger partial charge in [-0.25, -0.2) is 0 Å². The minimum Gasteiger partial charge on any atom is -1.00 e. The second-order valence-corrected chi connectivity index (χ2v) is 12.0. The quantitative estimate of drug-likeness (QED) is 0.164. The van der Waals surface area contributed by atoms with Crippen molar-refractivity contribution in [2.75, 3.05) is 5.73 Å². The Bertz CT molecular complexity index is 2180. The minimum absolute atomic E-state index is 0. The van der Waals surface area contributed by atoms with Crippen LogP contribution in [0.15, 0.2) is 119 Å². The summed E-state index contributed by atoms with van der Waals surface area (Å²) in [5, 5.41) is 13.0. The van der Waals surface area contributed by atoms with Crippen LogP contribution in [-0.2, 0) is 20.2 Å². The third kappa shape index (κ3) is 5.50. The number of hydrogen-bond donors (Lipinski definition) is 2. The maximum atomic E-state index is 13.7. The van der Waals surface area contributed by atoms with Crippen LogP contribution in [0.5, 0.6) is 17.2 Å². The van der Waals surface area contributed by atoms with Gasteiger partial charge in [0.05, 0.1) is 5.69 Å². The van der Waals surface area contributed by atoms with Crippen LogP contribution < -0.4 is 43.7 Å². The number of nitrogen functional groups attached to an aromatic ring is 1. The summed E-state index contributed by atoms with van der Waals surface area (Å²) in [4.78, 5) is -1.13. The molecule has 0 bridgehead atoms. The van der Waals surface area contributed by atoms with E-state index in [1.807, 2.05) is 6.07 Å². The number of benzene rings is 6. The zero-order valence-corrected chi connectivity index (χ0v) is 25.8. The smallest absolute Gasteiger partial charge is 1.00 e. The number of rotatable bonds is 6. The van der Waals surface area contributed by atoms with Gasteiger partial charge in [0.2, 0.25) is 0 Å². The van der Waals surface area contributed by atoms with Crippen molar-refractivity contribution < 1.29 is 66.8 Å². The molecule has 0 spiro atoms. The molecule has 0 fully saturated rings. The number of anilines is 1. The number of hydrogen-bond acceptors (Lipinski definition) is 8. The fraction of sp³-hybridized carbons (Fsp3) is 0. The Morgan fingerprint density at radius 2 is 1.02 bits per heavy atom. The molecule has 0 amide bonds. The van der Waals surface area contributed by atoms with Crippen molar-refractivity contribution in [3.05, 3.63) is 109 Å². The SMILES string of the molecule is Nc1c(S(=O)(=O)Oc2cccc3ccccc23)cc(S(=O)(=O)Oc2cccc3ccccc23)c2cccc(O)c12.O.[H-].[Na+]. The van der Waals surface area contributed by atoms with Gasteiger partial charge in [-0.3, -0.25) is 0 Å². The molecule has 0 aliphatic heterocycles. The summed E-state index contributed by atoms with van der Waals surface area (Å²) in [5.74, 6) is -0.315. The summed E-state index contributed by atoms with van der Waals surface area (Å²) < 4.78 is 65.7. The van der Waals surface area contributed by atoms with Gasteiger partial charge in [-0.2, -0.15) is 16.8 Å². The molecule has 6 rings (SSSR count). The van der Waals surface area contributed by atoms with E-state index in [0.29, 0.717) is 10.8 Å². The molecule has 0 unspecified atom stereocenters. The summed E-state index contributed by atoms with van der Waals surface area (Å²) in [6.07, 6.45) is 0. The van der Waals surface area contributed by atoms with E-state index in [1.54, 1.807) is 66.7 Å². The Hall–Kier alpha value is -3.84. The predicted octanol–water partition coefficient (Wildman–Crippen LogP) is 2.26. The summed E-state index contributed by atoms with van der Waals surface area (Å²) in [5.41, 5.74) is 5.89. The third-order valence-corrected chi connectivity index (χ3v) is 9.09. The predicted molar refractivity (Wildman–Crippen MR) is 158 cm³/mol. The molecule has 0 heterocycles. The van der Waals surface area contributed by atoms with Gasteiger partial charge in [-0.15, -0.1) is 0 Å². The van der Waals surface area contributed by atoms with E-state index < -0.39 is 35.8 Å². The average molecular weight is 614 g/mol. The van der Waals surface area contributed by atoms with Crippen molar-refractivity contribution in [2.24, 2.45) is 0 Å². The fourth-order valence-electron chi connectivity index (χ4n) is 4.70. The Balaban J connectivity index is 0.00000169. The first-order valence-corrected chi connectivity index (χ1v) is 14.9. The van der Waals surface area contributed by atoms with Crippen molar-refractivity contribution in [1.29, 1.82) is 0 Å². The molecule has 0 aromatic heterocycles. The van der Waals surface area contributed by atoms with E-state index in [9.17, 15) is 21.9 Å². The van der Waals surface area contributed by atoms with Crippen molar-refractivity contribution in [3.63, 3.8) is 0 Å². The zero-order valence-electron chi connectivity index (χ0n) is 23.2. The molecule has 9 nitrogen and oxygen atoms in total. The van der Waals surface area contributed by atoms with Crippen molar-refractivity contribution in [2.45, 2.75) is 9.79 Å². The molecule has 0 aliphatic carbocycles. The zero-order chi connectivity index (χ0) is 28.1. The van der Waals surface area contributed by atoms with Crippen LogP contribution in [0.4, 0.5) is 5.69 Å². The number of nitrogens with two attached hydrogens (primary N) is 1. The number of phenolic OH excluding ortho intramolecular Hbond substituents is 1. The Labute approximate surface area is 265 Å². The third-order valence-electron chi connectivity index (χ3n) is 6.54. The molecule has 6 aromatic carbocycles. The molecule has 0 atom stereocenters. The van der Waals surface area contributed by atoms with Crippen LogP contribution in [0.2, 0.25) is 0 Å². The average Bonchev–Trinajstić information content (AvgIpc) is 2.93. The number of fused-ring (bicyclic) bond motifs is 3. The van der Waals surface area contributed by atoms with E-state index >= 15 is 0 Å². The van der Waals surface area contributed by atoms with Crippen LogP contribution in [0.3, 0.4) is 0 Å². The first-order valence-electron chi connectivity index (χ1n) is 12.0. The molecule has 42 heavy (non-hydrogen) atoms. The largest absolute Gasteiger partial charge is 1.00 e. The van der Waals surface area contributed by atoms with Gasteiger partial charge in [0.15, 0.2) is 11.5 Å². The fourth-order valence-corrected chi connectivity index (χ4v) is 7.06. The second kappa shape index (κ2) is 11.8. The molecule has 210 valence electrons. The molecular formula is C30H24NNaO8S2. The summed E-state index contributed by atoms with van der Waals surface area (Å²) >= 11 is 0. The molecule has 0 saturated heterocycles. The standard InChI is InChI=1S/C30H21NO7S2.Na.H2O.H/c31-30-28(40(35,36)38-26-17-6-11-20-9-2-4-13-22(20)26)18-27(23-14-7-15-24(32)29(23)30)39(33,34)37-25-16-5-10-19-8-1-3-12-21(19)25;;;/h1-18,32H,31H2;;1H2;/q;+1;;-1. The maximum Gasteiger partial charge on any atom is 1.00 e. The van der Waals surface area contributed by atoms with Crippen molar-refractivity contribution >= 4 is 58.2 Å². The van der Waals surface area contributed by atoms with Gasteiger partial charge in [-0.05, 0) is 35.0 Å². The summed E-state index contributed by atoms with van der Waals surface area (Å²) in [6.45, 7) is 0. The van der Waals surface area contributed by atoms with E-state index in [-0.39, 0.29) is 64.4 Å². The Kier molecular flexibility index (Phi) is 8.74. The Morgan fingerprint density at radius 1 is 0.595 bits per heavy atom. The van der Waals surface area contributed by atoms with Gasteiger partial charge in [0.1, 0.15) is 15.5 Å². The summed E-state index contributed by atoms with van der Waals surface area (Å²) in [7, 11) is -9.33. The first-order chi connectivity index (χ1) is 19.2. The van der Waals surface area contributed by atoms with E-state index in [2.05, 4.69) is 0 Å². The normalized spacial score (nSPS) is 11.5. The van der Waals surface area contributed by atoms with Crippen LogP contribution in [0.1, 0.15) is 1.43 Å². The van der Waals surface area contributed by atoms with Crippen LogP contribution in [-0.4, -0.2) is 27.4 Å². The summed E-state index contributed by atoms with van der Waals surface area (Å²) in [6, 6.07) is 29.0. The molecule has 12 heteroatoms. The molecule has 0 aliphatic rings. The van der Waals surface area contributed by atoms with Crippen molar-refractivity contribution in [1.82, 2.24) is 0 Å². The first kappa shape index (κ1) is 31.1. The topological polar surface area (TPSA) is 164 Å². The van der Waals surface area contributed by atoms with E-state index in [1.165, 1.54) is 30.3 Å². The number of aromatic hydroxyl groups is 1. The monoisotopic (exact) mass is 613 g/mol. The van der Waals surface area contributed by atoms with Crippen LogP contribution in [0, 0.1) is 0 Å². The van der Waals surface area contributed by atoms with Crippen molar-refractivity contribution in [3.8, 4) is 17.2 Å². The molecular weight excluding hydrogens is 589 g/mol. The second-order valence-electron chi connectivity index (χ2n) is 9.02. The van der Waals surface area contributed by atoms with Gasteiger partial charge in [0, 0.05) is 21.5 Å². The molecule has 6 aromatic rings. The van der Waals surface area contributed by atoms with Gasteiger partial charge in [-0.1, -0.05) is 84.9 Å².